The molecule has 18 heavy (non-hydrogen) atoms. The van der Waals surface area contributed by atoms with Crippen molar-refractivity contribution < 1.29 is 9.53 Å². The molecule has 4 nitrogen and oxygen atoms in total. The number of aryl methyl sites for hydroxylation is 1. The maximum Gasteiger partial charge on any atom is 0.219 e. The first-order chi connectivity index (χ1) is 8.54. The van der Waals surface area contributed by atoms with E-state index in [0.29, 0.717) is 19.4 Å². The Morgan fingerprint density at radius 2 is 2.22 bits per heavy atom. The molecular weight excluding hydrogens is 228 g/mol. The molecule has 0 bridgehead atoms. The predicted molar refractivity (Wildman–Crippen MR) is 72.6 cm³/mol. The Hall–Kier alpha value is -1.55. The molecule has 4 heteroatoms. The average Bonchev–Trinajstić information content (AvgIpc) is 2.35. The Morgan fingerprint density at radius 1 is 1.50 bits per heavy atom. The minimum Gasteiger partial charge on any atom is -0.493 e. The number of carbonyl (C=O) groups is 1. The van der Waals surface area contributed by atoms with Crippen molar-refractivity contribution in [1.29, 1.82) is 0 Å². The summed E-state index contributed by atoms with van der Waals surface area (Å²) in [7, 11) is 1.64. The largest absolute Gasteiger partial charge is 0.493 e. The van der Waals surface area contributed by atoms with Crippen LogP contribution in [0.2, 0.25) is 0 Å². The molecule has 0 aliphatic heterocycles. The van der Waals surface area contributed by atoms with Crippen LogP contribution in [0.4, 0.5) is 0 Å². The number of hydrogen-bond donors (Lipinski definition) is 2. The lowest BCUT2D eigenvalue weighted by atomic mass is 10.1. The van der Waals surface area contributed by atoms with Crippen molar-refractivity contribution in [1.82, 2.24) is 5.32 Å². The van der Waals surface area contributed by atoms with Gasteiger partial charge in [0.1, 0.15) is 5.75 Å². The molecule has 0 aromatic heterocycles. The van der Waals surface area contributed by atoms with Crippen LogP contribution < -0.4 is 15.8 Å². The second-order valence-corrected chi connectivity index (χ2v) is 4.46. The van der Waals surface area contributed by atoms with Gasteiger partial charge in [0.2, 0.25) is 5.91 Å². The molecule has 1 atom stereocenters. The highest BCUT2D eigenvalue weighted by Crippen LogP contribution is 2.25. The van der Waals surface area contributed by atoms with Gasteiger partial charge in [0.05, 0.1) is 6.61 Å². The fourth-order valence-electron chi connectivity index (χ4n) is 1.70. The summed E-state index contributed by atoms with van der Waals surface area (Å²) in [6.45, 7) is 4.49. The van der Waals surface area contributed by atoms with Crippen LogP contribution in [0.5, 0.6) is 5.75 Å². The van der Waals surface area contributed by atoms with Gasteiger partial charge in [0, 0.05) is 25.1 Å². The first kappa shape index (κ1) is 14.5. The second-order valence-electron chi connectivity index (χ2n) is 4.46. The van der Waals surface area contributed by atoms with E-state index in [1.54, 1.807) is 7.05 Å². The fourth-order valence-corrected chi connectivity index (χ4v) is 1.70. The maximum absolute atomic E-state index is 11.1. The topological polar surface area (TPSA) is 64.3 Å². The fraction of sp³-hybridized carbons (Fsp3) is 0.500. The molecule has 0 aliphatic carbocycles. The van der Waals surface area contributed by atoms with Gasteiger partial charge in [0.15, 0.2) is 0 Å². The maximum atomic E-state index is 11.1. The van der Waals surface area contributed by atoms with Gasteiger partial charge in [-0.25, -0.2) is 0 Å². The quantitative estimate of drug-likeness (QED) is 0.758. The van der Waals surface area contributed by atoms with Crippen molar-refractivity contribution in [2.24, 2.45) is 5.73 Å². The SMILES string of the molecule is CNC(=O)CCCOc1ccc(C)cc1[C@@H](C)N. The average molecular weight is 250 g/mol. The van der Waals surface area contributed by atoms with Crippen LogP contribution in [0.15, 0.2) is 18.2 Å². The standard InChI is InChI=1S/C14H22N2O2/c1-10-6-7-13(12(9-10)11(2)15)18-8-4-5-14(17)16-3/h6-7,9,11H,4-5,8,15H2,1-3H3,(H,16,17)/t11-/m1/s1. The molecule has 0 saturated heterocycles. The van der Waals surface area contributed by atoms with Crippen LogP contribution in [-0.2, 0) is 4.79 Å². The number of nitrogens with two attached hydrogens (primary N) is 1. The lowest BCUT2D eigenvalue weighted by molar-refractivity contribution is -0.120. The van der Waals surface area contributed by atoms with Crippen LogP contribution in [0.3, 0.4) is 0 Å². The van der Waals surface area contributed by atoms with Crippen LogP contribution >= 0.6 is 0 Å². The predicted octanol–water partition coefficient (Wildman–Crippen LogP) is 1.92. The van der Waals surface area contributed by atoms with Gasteiger partial charge in [-0.3, -0.25) is 4.79 Å². The van der Waals surface area contributed by atoms with E-state index in [1.807, 2.05) is 32.0 Å². The molecule has 0 fully saturated rings. The third-order valence-corrected chi connectivity index (χ3v) is 2.74. The number of ether oxygens (including phenoxy) is 1. The summed E-state index contributed by atoms with van der Waals surface area (Å²) >= 11 is 0. The van der Waals surface area contributed by atoms with E-state index in [1.165, 1.54) is 5.56 Å². The highest BCUT2D eigenvalue weighted by molar-refractivity contribution is 5.75. The zero-order valence-electron chi connectivity index (χ0n) is 11.3. The minimum atomic E-state index is -0.0566. The number of benzene rings is 1. The molecule has 0 unspecified atom stereocenters. The smallest absolute Gasteiger partial charge is 0.219 e. The summed E-state index contributed by atoms with van der Waals surface area (Å²) in [5, 5.41) is 2.59. The lowest BCUT2D eigenvalue weighted by Crippen LogP contribution is -2.18. The van der Waals surface area contributed by atoms with E-state index in [0.717, 1.165) is 11.3 Å². The van der Waals surface area contributed by atoms with Crippen molar-refractivity contribution in [3.8, 4) is 5.75 Å². The third-order valence-electron chi connectivity index (χ3n) is 2.74. The first-order valence-electron chi connectivity index (χ1n) is 6.24. The summed E-state index contributed by atoms with van der Waals surface area (Å²) in [6, 6.07) is 5.92. The Labute approximate surface area is 109 Å². The van der Waals surface area contributed by atoms with Crippen LogP contribution in [0, 0.1) is 6.92 Å². The summed E-state index contributed by atoms with van der Waals surface area (Å²) in [6.07, 6.45) is 1.18. The van der Waals surface area contributed by atoms with Gasteiger partial charge >= 0.3 is 0 Å². The summed E-state index contributed by atoms with van der Waals surface area (Å²) in [5.74, 6) is 0.849. The molecule has 0 radical (unpaired) electrons. The molecule has 1 rings (SSSR count). The number of hydrogen-bond acceptors (Lipinski definition) is 3. The molecule has 0 aliphatic rings. The third kappa shape index (κ3) is 4.37. The molecule has 0 spiro atoms. The molecule has 1 amide bonds. The van der Waals surface area contributed by atoms with E-state index < -0.39 is 0 Å². The highest BCUT2D eigenvalue weighted by Gasteiger charge is 2.08. The van der Waals surface area contributed by atoms with Gasteiger partial charge in [-0.1, -0.05) is 17.7 Å². The summed E-state index contributed by atoms with van der Waals surface area (Å²) in [5.41, 5.74) is 8.09. The molecule has 1 aromatic rings. The van der Waals surface area contributed by atoms with E-state index in [9.17, 15) is 4.79 Å². The molecule has 0 saturated carbocycles. The Bertz CT molecular complexity index is 403. The summed E-state index contributed by atoms with van der Waals surface area (Å²) < 4.78 is 5.69. The van der Waals surface area contributed by atoms with Crippen molar-refractivity contribution in [3.05, 3.63) is 29.3 Å². The number of amides is 1. The lowest BCUT2D eigenvalue weighted by Gasteiger charge is -2.14. The Balaban J connectivity index is 2.54. The molecular formula is C14H22N2O2. The first-order valence-corrected chi connectivity index (χ1v) is 6.24. The minimum absolute atomic E-state index is 0.0370. The Morgan fingerprint density at radius 3 is 2.83 bits per heavy atom. The van der Waals surface area contributed by atoms with E-state index in [2.05, 4.69) is 5.32 Å². The molecule has 3 N–H and O–H groups in total. The van der Waals surface area contributed by atoms with Crippen LogP contribution in [0.25, 0.3) is 0 Å². The van der Waals surface area contributed by atoms with Crippen molar-refractivity contribution in [2.45, 2.75) is 32.7 Å². The second kappa shape index (κ2) is 7.01. The van der Waals surface area contributed by atoms with Crippen molar-refractivity contribution >= 4 is 5.91 Å². The number of rotatable bonds is 6. The zero-order valence-corrected chi connectivity index (χ0v) is 11.3. The molecule has 0 heterocycles. The summed E-state index contributed by atoms with van der Waals surface area (Å²) in [4.78, 5) is 11.1. The van der Waals surface area contributed by atoms with Gasteiger partial charge in [0.25, 0.3) is 0 Å². The van der Waals surface area contributed by atoms with Gasteiger partial charge in [-0.2, -0.15) is 0 Å². The highest BCUT2D eigenvalue weighted by atomic mass is 16.5. The van der Waals surface area contributed by atoms with E-state index in [4.69, 9.17) is 10.5 Å². The number of nitrogens with one attached hydrogen (secondary N) is 1. The molecule has 1 aromatic carbocycles. The zero-order chi connectivity index (χ0) is 13.5. The monoisotopic (exact) mass is 250 g/mol. The number of carbonyl (C=O) groups excluding carboxylic acids is 1. The van der Waals surface area contributed by atoms with Gasteiger partial charge < -0.3 is 15.8 Å². The van der Waals surface area contributed by atoms with Gasteiger partial charge in [-0.05, 0) is 26.3 Å². The van der Waals surface area contributed by atoms with Crippen LogP contribution in [-0.4, -0.2) is 19.6 Å². The Kier molecular flexibility index (Phi) is 5.65. The van der Waals surface area contributed by atoms with E-state index in [-0.39, 0.29) is 11.9 Å². The molecule has 100 valence electrons. The normalized spacial score (nSPS) is 12.0. The van der Waals surface area contributed by atoms with E-state index >= 15 is 0 Å². The van der Waals surface area contributed by atoms with Crippen molar-refractivity contribution in [3.63, 3.8) is 0 Å². The van der Waals surface area contributed by atoms with Gasteiger partial charge in [-0.15, -0.1) is 0 Å². The van der Waals surface area contributed by atoms with Crippen LogP contribution in [0.1, 0.15) is 36.9 Å². The van der Waals surface area contributed by atoms with Crippen molar-refractivity contribution in [2.75, 3.05) is 13.7 Å².